The third-order valence-corrected chi connectivity index (χ3v) is 2.35. The minimum absolute atomic E-state index is 0.227. The first kappa shape index (κ1) is 12.4. The number of halogens is 1. The molecule has 0 saturated heterocycles. The van der Waals surface area contributed by atoms with Gasteiger partial charge in [-0.05, 0) is 24.6 Å². The number of terminal acetylenes is 1. The Hall–Kier alpha value is -1.66. The predicted molar refractivity (Wildman–Crippen MR) is 66.3 cm³/mol. The van der Waals surface area contributed by atoms with Crippen LogP contribution < -0.4 is 11.1 Å². The van der Waals surface area contributed by atoms with Crippen LogP contribution in [0.25, 0.3) is 0 Å². The van der Waals surface area contributed by atoms with E-state index in [0.717, 1.165) is 6.42 Å². The Morgan fingerprint density at radius 2 is 2.31 bits per heavy atom. The number of nitrogens with two attached hydrogens (primary N) is 1. The average molecular weight is 237 g/mol. The van der Waals surface area contributed by atoms with Crippen molar-refractivity contribution in [1.82, 2.24) is 5.32 Å². The number of nitrogen functional groups attached to an aromatic ring is 1. The third-order valence-electron chi connectivity index (χ3n) is 2.02. The summed E-state index contributed by atoms with van der Waals surface area (Å²) < 4.78 is 0. The van der Waals surface area contributed by atoms with Crippen molar-refractivity contribution in [3.63, 3.8) is 0 Å². The number of nitrogens with one attached hydrogen (secondary N) is 1. The van der Waals surface area contributed by atoms with Gasteiger partial charge in [-0.15, -0.1) is 12.3 Å². The molecule has 0 aromatic heterocycles. The fourth-order valence-corrected chi connectivity index (χ4v) is 1.41. The molecule has 3 N–H and O–H groups in total. The smallest absolute Gasteiger partial charge is 0.252 e. The van der Waals surface area contributed by atoms with E-state index in [1.54, 1.807) is 18.2 Å². The summed E-state index contributed by atoms with van der Waals surface area (Å²) in [5, 5.41) is 3.12. The summed E-state index contributed by atoms with van der Waals surface area (Å²) in [5.41, 5.74) is 6.48. The van der Waals surface area contributed by atoms with E-state index in [0.29, 0.717) is 29.2 Å². The van der Waals surface area contributed by atoms with Gasteiger partial charge in [0.25, 0.3) is 5.91 Å². The van der Waals surface area contributed by atoms with E-state index in [1.165, 1.54) is 0 Å². The molecule has 4 heteroatoms. The molecule has 16 heavy (non-hydrogen) atoms. The Morgan fingerprint density at radius 3 is 3.00 bits per heavy atom. The highest BCUT2D eigenvalue weighted by atomic mass is 35.5. The van der Waals surface area contributed by atoms with Crippen molar-refractivity contribution < 1.29 is 4.79 Å². The summed E-state index contributed by atoms with van der Waals surface area (Å²) in [7, 11) is 0. The van der Waals surface area contributed by atoms with Crippen molar-refractivity contribution in [2.24, 2.45) is 0 Å². The molecular weight excluding hydrogens is 224 g/mol. The molecule has 1 aromatic carbocycles. The quantitative estimate of drug-likeness (QED) is 0.478. The molecule has 1 rings (SSSR count). The largest absolute Gasteiger partial charge is 0.399 e. The molecule has 0 atom stereocenters. The van der Waals surface area contributed by atoms with Crippen LogP contribution in [0.15, 0.2) is 18.2 Å². The Kier molecular flexibility index (Phi) is 4.68. The topological polar surface area (TPSA) is 55.1 Å². The molecule has 0 heterocycles. The lowest BCUT2D eigenvalue weighted by Gasteiger charge is -2.06. The molecule has 0 radical (unpaired) electrons. The SMILES string of the molecule is C#CCCCNC(=O)c1cc(N)ccc1Cl. The van der Waals surface area contributed by atoms with Crippen molar-refractivity contribution in [3.8, 4) is 12.3 Å². The summed E-state index contributed by atoms with van der Waals surface area (Å²) >= 11 is 5.88. The third kappa shape index (κ3) is 3.48. The van der Waals surface area contributed by atoms with Crippen LogP contribution in [0.2, 0.25) is 5.02 Å². The molecule has 0 fully saturated rings. The van der Waals surface area contributed by atoms with E-state index < -0.39 is 0 Å². The van der Waals surface area contributed by atoms with Gasteiger partial charge in [-0.1, -0.05) is 11.6 Å². The number of hydrogen-bond acceptors (Lipinski definition) is 2. The fourth-order valence-electron chi connectivity index (χ4n) is 1.20. The van der Waals surface area contributed by atoms with Gasteiger partial charge in [-0.2, -0.15) is 0 Å². The van der Waals surface area contributed by atoms with Gasteiger partial charge in [0.1, 0.15) is 0 Å². The van der Waals surface area contributed by atoms with Crippen molar-refractivity contribution >= 4 is 23.2 Å². The molecule has 84 valence electrons. The lowest BCUT2D eigenvalue weighted by molar-refractivity contribution is 0.0953. The molecule has 1 amide bonds. The summed E-state index contributed by atoms with van der Waals surface area (Å²) in [6.07, 6.45) is 6.50. The number of rotatable bonds is 4. The first-order valence-electron chi connectivity index (χ1n) is 4.92. The van der Waals surface area contributed by atoms with E-state index in [1.807, 2.05) is 0 Å². The van der Waals surface area contributed by atoms with E-state index >= 15 is 0 Å². The lowest BCUT2D eigenvalue weighted by atomic mass is 10.2. The van der Waals surface area contributed by atoms with Gasteiger partial charge in [-0.3, -0.25) is 4.79 Å². The Morgan fingerprint density at radius 1 is 1.56 bits per heavy atom. The van der Waals surface area contributed by atoms with Crippen molar-refractivity contribution in [2.75, 3.05) is 12.3 Å². The lowest BCUT2D eigenvalue weighted by Crippen LogP contribution is -2.24. The van der Waals surface area contributed by atoms with Crippen LogP contribution in [0.5, 0.6) is 0 Å². The zero-order valence-corrected chi connectivity index (χ0v) is 9.55. The Bertz CT molecular complexity index is 424. The van der Waals surface area contributed by atoms with Gasteiger partial charge >= 0.3 is 0 Å². The molecule has 0 aliphatic heterocycles. The van der Waals surface area contributed by atoms with Crippen LogP contribution in [0, 0.1) is 12.3 Å². The van der Waals surface area contributed by atoms with Gasteiger partial charge in [0, 0.05) is 18.7 Å². The van der Waals surface area contributed by atoms with Crippen LogP contribution in [-0.4, -0.2) is 12.5 Å². The second-order valence-electron chi connectivity index (χ2n) is 3.30. The normalized spacial score (nSPS) is 9.50. The van der Waals surface area contributed by atoms with Gasteiger partial charge in [0.05, 0.1) is 10.6 Å². The number of hydrogen-bond donors (Lipinski definition) is 2. The summed E-state index contributed by atoms with van der Waals surface area (Å²) in [4.78, 5) is 11.7. The second-order valence-corrected chi connectivity index (χ2v) is 3.71. The highest BCUT2D eigenvalue weighted by Gasteiger charge is 2.09. The van der Waals surface area contributed by atoms with Gasteiger partial charge in [-0.25, -0.2) is 0 Å². The number of unbranched alkanes of at least 4 members (excludes halogenated alkanes) is 1. The second kappa shape index (κ2) is 6.04. The molecule has 1 aromatic rings. The summed E-state index contributed by atoms with van der Waals surface area (Å²) in [5.74, 6) is 2.28. The van der Waals surface area contributed by atoms with Crippen molar-refractivity contribution in [2.45, 2.75) is 12.8 Å². The zero-order chi connectivity index (χ0) is 12.0. The molecule has 0 aliphatic rings. The van der Waals surface area contributed by atoms with Crippen LogP contribution in [0.4, 0.5) is 5.69 Å². The van der Waals surface area contributed by atoms with Gasteiger partial charge in [0.15, 0.2) is 0 Å². The van der Waals surface area contributed by atoms with E-state index in [-0.39, 0.29) is 5.91 Å². The molecule has 0 spiro atoms. The Labute approximate surface area is 100.0 Å². The Balaban J connectivity index is 2.59. The van der Waals surface area contributed by atoms with Crippen LogP contribution in [0.3, 0.4) is 0 Å². The van der Waals surface area contributed by atoms with Gasteiger partial charge < -0.3 is 11.1 Å². The average Bonchev–Trinajstić information content (AvgIpc) is 2.27. The van der Waals surface area contributed by atoms with Crippen LogP contribution >= 0.6 is 11.6 Å². The predicted octanol–water partition coefficient (Wildman–Crippen LogP) is 2.07. The standard InChI is InChI=1S/C12H13ClN2O/c1-2-3-4-7-15-12(16)10-8-9(14)5-6-11(10)13/h1,5-6,8H,3-4,7,14H2,(H,15,16). The molecule has 3 nitrogen and oxygen atoms in total. The van der Waals surface area contributed by atoms with Crippen molar-refractivity contribution in [3.05, 3.63) is 28.8 Å². The first-order chi connectivity index (χ1) is 7.65. The maximum Gasteiger partial charge on any atom is 0.252 e. The molecule has 0 saturated carbocycles. The number of benzene rings is 1. The number of anilines is 1. The fraction of sp³-hybridized carbons (Fsp3) is 0.250. The molecule has 0 unspecified atom stereocenters. The first-order valence-corrected chi connectivity index (χ1v) is 5.29. The molecular formula is C12H13ClN2O. The van der Waals surface area contributed by atoms with E-state index in [4.69, 9.17) is 23.8 Å². The van der Waals surface area contributed by atoms with E-state index in [9.17, 15) is 4.79 Å². The summed E-state index contributed by atoms with van der Waals surface area (Å²) in [6, 6.07) is 4.81. The number of amides is 1. The minimum atomic E-state index is -0.227. The van der Waals surface area contributed by atoms with E-state index in [2.05, 4.69) is 11.2 Å². The van der Waals surface area contributed by atoms with Crippen LogP contribution in [-0.2, 0) is 0 Å². The highest BCUT2D eigenvalue weighted by Crippen LogP contribution is 2.18. The van der Waals surface area contributed by atoms with Gasteiger partial charge in [0.2, 0.25) is 0 Å². The van der Waals surface area contributed by atoms with Crippen molar-refractivity contribution in [1.29, 1.82) is 0 Å². The highest BCUT2D eigenvalue weighted by molar-refractivity contribution is 6.34. The summed E-state index contributed by atoms with van der Waals surface area (Å²) in [6.45, 7) is 0.536. The maximum atomic E-state index is 11.7. The number of carbonyl (C=O) groups excluding carboxylic acids is 1. The van der Waals surface area contributed by atoms with Crippen LogP contribution in [0.1, 0.15) is 23.2 Å². The molecule has 0 aliphatic carbocycles. The zero-order valence-electron chi connectivity index (χ0n) is 8.79. The maximum absolute atomic E-state index is 11.7. The minimum Gasteiger partial charge on any atom is -0.399 e. The number of carbonyl (C=O) groups is 1. The monoisotopic (exact) mass is 236 g/mol. The molecule has 0 bridgehead atoms.